The minimum atomic E-state index is -2.99. The number of hydrogen-bond donors (Lipinski definition) is 1. The van der Waals surface area contributed by atoms with Crippen LogP contribution in [0.3, 0.4) is 0 Å². The van der Waals surface area contributed by atoms with Crippen LogP contribution in [0.15, 0.2) is 29.2 Å². The standard InChI is InChI=1S/C12H9F2NO4/c1-18-11(17)8-5-15-9-3-2-6(19-12(13)14)4-7(9)10(8)16/h2-5,12H,1H3,(H,15,16). The Morgan fingerprint density at radius 3 is 2.74 bits per heavy atom. The second-order valence-corrected chi connectivity index (χ2v) is 3.61. The van der Waals surface area contributed by atoms with E-state index in [1.54, 1.807) is 0 Å². The van der Waals surface area contributed by atoms with Gasteiger partial charge in [0.05, 0.1) is 12.5 Å². The van der Waals surface area contributed by atoms with Crippen molar-refractivity contribution < 1.29 is 23.0 Å². The summed E-state index contributed by atoms with van der Waals surface area (Å²) in [6.07, 6.45) is 1.21. The Balaban J connectivity index is 2.59. The van der Waals surface area contributed by atoms with Crippen LogP contribution >= 0.6 is 0 Å². The highest BCUT2D eigenvalue weighted by Crippen LogP contribution is 2.19. The molecule has 0 bridgehead atoms. The molecule has 0 unspecified atom stereocenters. The molecule has 1 aromatic heterocycles. The summed E-state index contributed by atoms with van der Waals surface area (Å²) >= 11 is 0. The molecule has 19 heavy (non-hydrogen) atoms. The lowest BCUT2D eigenvalue weighted by Crippen LogP contribution is -2.17. The number of carbonyl (C=O) groups is 1. The zero-order valence-electron chi connectivity index (χ0n) is 9.78. The zero-order chi connectivity index (χ0) is 14.0. The normalized spacial score (nSPS) is 10.7. The molecule has 0 saturated heterocycles. The van der Waals surface area contributed by atoms with E-state index >= 15 is 0 Å². The third-order valence-electron chi connectivity index (χ3n) is 2.48. The van der Waals surface area contributed by atoms with Gasteiger partial charge in [0.1, 0.15) is 11.3 Å². The van der Waals surface area contributed by atoms with Crippen molar-refractivity contribution in [2.45, 2.75) is 6.61 Å². The Morgan fingerprint density at radius 1 is 1.37 bits per heavy atom. The van der Waals surface area contributed by atoms with Gasteiger partial charge in [0.15, 0.2) is 0 Å². The van der Waals surface area contributed by atoms with E-state index in [0.29, 0.717) is 5.52 Å². The van der Waals surface area contributed by atoms with Crippen molar-refractivity contribution in [1.82, 2.24) is 4.98 Å². The summed E-state index contributed by atoms with van der Waals surface area (Å²) in [5.74, 6) is -0.960. The van der Waals surface area contributed by atoms with E-state index in [2.05, 4.69) is 14.5 Å². The third kappa shape index (κ3) is 2.54. The first kappa shape index (κ1) is 13.0. The number of halogens is 2. The Morgan fingerprint density at radius 2 is 2.11 bits per heavy atom. The SMILES string of the molecule is COC(=O)c1c[nH]c2ccc(OC(F)F)cc2c1=O. The number of rotatable bonds is 3. The fourth-order valence-corrected chi connectivity index (χ4v) is 1.64. The molecule has 1 N–H and O–H groups in total. The number of esters is 1. The second-order valence-electron chi connectivity index (χ2n) is 3.61. The first-order valence-corrected chi connectivity index (χ1v) is 5.21. The number of aromatic nitrogens is 1. The smallest absolute Gasteiger partial charge is 0.387 e. The predicted octanol–water partition coefficient (Wildman–Crippen LogP) is 1.92. The van der Waals surface area contributed by atoms with Crippen LogP contribution in [0.25, 0.3) is 10.9 Å². The Labute approximate surface area is 105 Å². The molecular weight excluding hydrogens is 260 g/mol. The fraction of sp³-hybridized carbons (Fsp3) is 0.167. The van der Waals surface area contributed by atoms with Crippen LogP contribution < -0.4 is 10.2 Å². The maximum Gasteiger partial charge on any atom is 0.387 e. The van der Waals surface area contributed by atoms with Gasteiger partial charge in [-0.15, -0.1) is 0 Å². The number of fused-ring (bicyclic) bond motifs is 1. The van der Waals surface area contributed by atoms with E-state index < -0.39 is 18.0 Å². The van der Waals surface area contributed by atoms with Gasteiger partial charge in [0, 0.05) is 11.7 Å². The summed E-state index contributed by atoms with van der Waals surface area (Å²) in [4.78, 5) is 26.1. The molecule has 0 radical (unpaired) electrons. The topological polar surface area (TPSA) is 68.4 Å². The van der Waals surface area contributed by atoms with Gasteiger partial charge in [0.2, 0.25) is 5.43 Å². The number of alkyl halides is 2. The van der Waals surface area contributed by atoms with Gasteiger partial charge in [-0.1, -0.05) is 0 Å². The van der Waals surface area contributed by atoms with Crippen LogP contribution in [-0.4, -0.2) is 24.7 Å². The number of nitrogens with one attached hydrogen (secondary N) is 1. The summed E-state index contributed by atoms with van der Waals surface area (Å²) in [6.45, 7) is -2.99. The van der Waals surface area contributed by atoms with Crippen LogP contribution in [0.5, 0.6) is 5.75 Å². The lowest BCUT2D eigenvalue weighted by molar-refractivity contribution is -0.0497. The average Bonchev–Trinajstić information content (AvgIpc) is 2.38. The van der Waals surface area contributed by atoms with E-state index in [4.69, 9.17) is 0 Å². The molecular formula is C12H9F2NO4. The monoisotopic (exact) mass is 269 g/mol. The number of ether oxygens (including phenoxy) is 2. The van der Waals surface area contributed by atoms with Gasteiger partial charge < -0.3 is 14.5 Å². The fourth-order valence-electron chi connectivity index (χ4n) is 1.64. The van der Waals surface area contributed by atoms with Gasteiger partial charge in [-0.05, 0) is 18.2 Å². The number of carbonyl (C=O) groups excluding carboxylic acids is 1. The van der Waals surface area contributed by atoms with Gasteiger partial charge in [-0.25, -0.2) is 4.79 Å². The number of benzene rings is 1. The first-order chi connectivity index (χ1) is 9.02. The zero-order valence-corrected chi connectivity index (χ0v) is 9.78. The average molecular weight is 269 g/mol. The molecule has 0 fully saturated rings. The first-order valence-electron chi connectivity index (χ1n) is 5.21. The van der Waals surface area contributed by atoms with E-state index in [1.807, 2.05) is 0 Å². The number of H-pyrrole nitrogens is 1. The maximum atomic E-state index is 12.1. The minimum Gasteiger partial charge on any atom is -0.465 e. The number of pyridine rings is 1. The van der Waals surface area contributed by atoms with Crippen LogP contribution in [0.4, 0.5) is 8.78 Å². The molecule has 2 rings (SSSR count). The van der Waals surface area contributed by atoms with Crippen molar-refractivity contribution in [3.05, 3.63) is 40.2 Å². The van der Waals surface area contributed by atoms with Crippen molar-refractivity contribution in [3.63, 3.8) is 0 Å². The van der Waals surface area contributed by atoms with Gasteiger partial charge in [-0.3, -0.25) is 4.79 Å². The van der Waals surface area contributed by atoms with Gasteiger partial charge >= 0.3 is 12.6 Å². The van der Waals surface area contributed by atoms with Crippen molar-refractivity contribution in [3.8, 4) is 5.75 Å². The van der Waals surface area contributed by atoms with Gasteiger partial charge in [0.25, 0.3) is 0 Å². The van der Waals surface area contributed by atoms with E-state index in [-0.39, 0.29) is 16.7 Å². The van der Waals surface area contributed by atoms with Crippen LogP contribution in [0.2, 0.25) is 0 Å². The minimum absolute atomic E-state index is 0.0704. The molecule has 0 saturated carbocycles. The van der Waals surface area contributed by atoms with Crippen molar-refractivity contribution in [1.29, 1.82) is 0 Å². The maximum absolute atomic E-state index is 12.1. The number of methoxy groups -OCH3 is 1. The summed E-state index contributed by atoms with van der Waals surface area (Å²) in [7, 11) is 1.14. The summed E-state index contributed by atoms with van der Waals surface area (Å²) in [5.41, 5.74) is -0.413. The second kappa shape index (κ2) is 5.05. The molecule has 1 aromatic carbocycles. The molecule has 5 nitrogen and oxygen atoms in total. The highest BCUT2D eigenvalue weighted by atomic mass is 19.3. The molecule has 100 valence electrons. The van der Waals surface area contributed by atoms with Crippen LogP contribution in [0, 0.1) is 0 Å². The molecule has 0 aliphatic rings. The lowest BCUT2D eigenvalue weighted by Gasteiger charge is -2.06. The van der Waals surface area contributed by atoms with Crippen molar-refractivity contribution in [2.24, 2.45) is 0 Å². The Bertz CT molecular complexity index is 681. The van der Waals surface area contributed by atoms with E-state index in [9.17, 15) is 18.4 Å². The summed E-state index contributed by atoms with van der Waals surface area (Å²) in [5, 5.41) is 0.0704. The van der Waals surface area contributed by atoms with E-state index in [1.165, 1.54) is 18.3 Å². The molecule has 1 heterocycles. The molecule has 7 heteroatoms. The summed E-state index contributed by atoms with van der Waals surface area (Å²) < 4.78 is 32.9. The third-order valence-corrected chi connectivity index (χ3v) is 2.48. The van der Waals surface area contributed by atoms with Crippen LogP contribution in [-0.2, 0) is 4.74 Å². The molecule has 0 atom stereocenters. The molecule has 2 aromatic rings. The Hall–Kier alpha value is -2.44. The highest BCUT2D eigenvalue weighted by Gasteiger charge is 2.14. The number of aromatic amines is 1. The Kier molecular flexibility index (Phi) is 3.46. The van der Waals surface area contributed by atoms with Crippen molar-refractivity contribution >= 4 is 16.9 Å². The van der Waals surface area contributed by atoms with Gasteiger partial charge in [-0.2, -0.15) is 8.78 Å². The molecule has 0 spiro atoms. The van der Waals surface area contributed by atoms with Crippen LogP contribution in [0.1, 0.15) is 10.4 Å². The summed E-state index contributed by atoms with van der Waals surface area (Å²) in [6, 6.07) is 3.85. The quantitative estimate of drug-likeness (QED) is 0.864. The molecule has 0 aliphatic heterocycles. The molecule has 0 amide bonds. The number of hydrogen-bond acceptors (Lipinski definition) is 4. The molecule has 0 aliphatic carbocycles. The highest BCUT2D eigenvalue weighted by molar-refractivity contribution is 5.93. The largest absolute Gasteiger partial charge is 0.465 e. The predicted molar refractivity (Wildman–Crippen MR) is 62.5 cm³/mol. The van der Waals surface area contributed by atoms with Crippen molar-refractivity contribution in [2.75, 3.05) is 7.11 Å². The lowest BCUT2D eigenvalue weighted by atomic mass is 10.1. The van der Waals surface area contributed by atoms with E-state index in [0.717, 1.165) is 13.2 Å².